The van der Waals surface area contributed by atoms with Crippen molar-refractivity contribution < 1.29 is 17.2 Å². The average Bonchev–Trinajstić information content (AvgIpc) is 2.75. The van der Waals surface area contributed by atoms with Gasteiger partial charge in [0.2, 0.25) is 15.9 Å². The minimum atomic E-state index is -3.98. The number of aryl methyl sites for hydroxylation is 2. The summed E-state index contributed by atoms with van der Waals surface area (Å²) >= 11 is 0. The molecule has 0 fully saturated rings. The van der Waals surface area contributed by atoms with Gasteiger partial charge in [-0.2, -0.15) is 0 Å². The summed E-state index contributed by atoms with van der Waals surface area (Å²) in [7, 11) is -3.98. The molecule has 0 saturated heterocycles. The number of benzene rings is 1. The van der Waals surface area contributed by atoms with Gasteiger partial charge in [0.25, 0.3) is 0 Å². The van der Waals surface area contributed by atoms with Crippen LogP contribution < -0.4 is 10.5 Å². The molecule has 1 heterocycles. The molecule has 8 heteroatoms. The van der Waals surface area contributed by atoms with Crippen molar-refractivity contribution in [1.82, 2.24) is 9.71 Å². The molecule has 0 amide bonds. The van der Waals surface area contributed by atoms with Crippen molar-refractivity contribution in [2.75, 3.05) is 0 Å². The number of nitrogens with two attached hydrogens (primary N) is 1. The normalized spacial score (nSPS) is 11.8. The van der Waals surface area contributed by atoms with E-state index in [-0.39, 0.29) is 19.0 Å². The van der Waals surface area contributed by atoms with Crippen LogP contribution in [0.25, 0.3) is 0 Å². The van der Waals surface area contributed by atoms with Gasteiger partial charge < -0.3 is 10.2 Å². The van der Waals surface area contributed by atoms with Gasteiger partial charge in [-0.05, 0) is 31.5 Å². The Balaban J connectivity index is 2.18. The molecule has 1 aromatic carbocycles. The molecule has 0 aliphatic carbocycles. The second-order valence-corrected chi connectivity index (χ2v) is 6.28. The van der Waals surface area contributed by atoms with Gasteiger partial charge in [0.05, 0.1) is 12.2 Å². The fourth-order valence-corrected chi connectivity index (χ4v) is 2.77. The molecule has 0 saturated carbocycles. The molecule has 0 aliphatic rings. The summed E-state index contributed by atoms with van der Waals surface area (Å²) in [6, 6.07) is 3.76. The van der Waals surface area contributed by atoms with Gasteiger partial charge in [0, 0.05) is 6.54 Å². The summed E-state index contributed by atoms with van der Waals surface area (Å²) in [5, 5.41) is 0. The van der Waals surface area contributed by atoms with Crippen molar-refractivity contribution in [2.45, 2.75) is 31.8 Å². The lowest BCUT2D eigenvalue weighted by molar-refractivity contribution is 0.462. The molecule has 2 rings (SSSR count). The predicted molar refractivity (Wildman–Crippen MR) is 74.3 cm³/mol. The zero-order valence-electron chi connectivity index (χ0n) is 11.7. The maximum Gasteiger partial charge on any atom is 0.243 e. The summed E-state index contributed by atoms with van der Waals surface area (Å²) in [6.07, 6.45) is 0. The van der Waals surface area contributed by atoms with Crippen molar-refractivity contribution in [2.24, 2.45) is 5.73 Å². The number of aromatic nitrogens is 1. The fraction of sp³-hybridized carbons (Fsp3) is 0.308. The third kappa shape index (κ3) is 3.46. The maximum absolute atomic E-state index is 13.8. The molecule has 6 nitrogen and oxygen atoms in total. The third-order valence-electron chi connectivity index (χ3n) is 3.01. The van der Waals surface area contributed by atoms with Crippen LogP contribution in [0.15, 0.2) is 27.5 Å². The predicted octanol–water partition coefficient (Wildman–Crippen LogP) is 1.37. The Labute approximate surface area is 122 Å². The summed E-state index contributed by atoms with van der Waals surface area (Å²) in [5.74, 6) is 0.000420. The standard InChI is InChI=1S/C13H16FN3O3S/c1-8-9(2)20-13(17-8)7-16-21(18,19)12-4-3-10(6-15)5-11(12)14/h3-5,16H,6-7,15H2,1-2H3. The lowest BCUT2D eigenvalue weighted by Crippen LogP contribution is -2.24. The zero-order chi connectivity index (χ0) is 15.6. The van der Waals surface area contributed by atoms with Crippen LogP contribution in [-0.4, -0.2) is 13.4 Å². The van der Waals surface area contributed by atoms with Crippen LogP contribution >= 0.6 is 0 Å². The number of sulfonamides is 1. The molecule has 2 aromatic rings. The van der Waals surface area contributed by atoms with Crippen molar-refractivity contribution in [3.63, 3.8) is 0 Å². The molecular formula is C13H16FN3O3S. The maximum atomic E-state index is 13.8. The van der Waals surface area contributed by atoms with Gasteiger partial charge in [-0.25, -0.2) is 22.5 Å². The molecule has 21 heavy (non-hydrogen) atoms. The van der Waals surface area contributed by atoms with E-state index in [2.05, 4.69) is 9.71 Å². The van der Waals surface area contributed by atoms with Gasteiger partial charge in [-0.15, -0.1) is 0 Å². The first kappa shape index (κ1) is 15.6. The topological polar surface area (TPSA) is 98.2 Å². The second kappa shape index (κ2) is 5.92. The van der Waals surface area contributed by atoms with Crippen molar-refractivity contribution in [3.05, 3.63) is 46.9 Å². The number of nitrogens with zero attached hydrogens (tertiary/aromatic N) is 1. The van der Waals surface area contributed by atoms with E-state index < -0.39 is 20.7 Å². The molecule has 0 aliphatic heterocycles. The Morgan fingerprint density at radius 3 is 2.62 bits per heavy atom. The summed E-state index contributed by atoms with van der Waals surface area (Å²) in [4.78, 5) is 3.62. The number of oxazole rings is 1. The summed E-state index contributed by atoms with van der Waals surface area (Å²) in [5.41, 5.74) is 6.58. The monoisotopic (exact) mass is 313 g/mol. The number of rotatable bonds is 5. The molecule has 3 N–H and O–H groups in total. The van der Waals surface area contributed by atoms with Crippen LogP contribution in [0.5, 0.6) is 0 Å². The van der Waals surface area contributed by atoms with Gasteiger partial charge in [0.1, 0.15) is 16.5 Å². The Hall–Kier alpha value is -1.77. The van der Waals surface area contributed by atoms with E-state index in [0.717, 1.165) is 6.07 Å². The minimum absolute atomic E-state index is 0.138. The van der Waals surface area contributed by atoms with Crippen LogP contribution in [0.4, 0.5) is 4.39 Å². The Morgan fingerprint density at radius 2 is 2.10 bits per heavy atom. The minimum Gasteiger partial charge on any atom is -0.444 e. The van der Waals surface area contributed by atoms with Gasteiger partial charge in [-0.1, -0.05) is 6.07 Å². The Bertz CT molecular complexity index is 737. The Morgan fingerprint density at radius 1 is 1.38 bits per heavy atom. The van der Waals surface area contributed by atoms with Crippen molar-refractivity contribution >= 4 is 10.0 Å². The first-order chi connectivity index (χ1) is 9.83. The van der Waals surface area contributed by atoms with E-state index in [1.54, 1.807) is 13.8 Å². The van der Waals surface area contributed by atoms with E-state index in [9.17, 15) is 12.8 Å². The van der Waals surface area contributed by atoms with Crippen LogP contribution in [0, 0.1) is 19.7 Å². The first-order valence-electron chi connectivity index (χ1n) is 6.24. The van der Waals surface area contributed by atoms with Gasteiger partial charge in [0.15, 0.2) is 0 Å². The number of hydrogen-bond donors (Lipinski definition) is 2. The number of nitrogens with one attached hydrogen (secondary N) is 1. The molecule has 114 valence electrons. The van der Waals surface area contributed by atoms with Crippen molar-refractivity contribution in [1.29, 1.82) is 0 Å². The highest BCUT2D eigenvalue weighted by molar-refractivity contribution is 7.89. The molecule has 0 unspecified atom stereocenters. The van der Waals surface area contributed by atoms with Gasteiger partial charge >= 0.3 is 0 Å². The molecular weight excluding hydrogens is 297 g/mol. The highest BCUT2D eigenvalue weighted by Gasteiger charge is 2.20. The number of hydrogen-bond acceptors (Lipinski definition) is 5. The lowest BCUT2D eigenvalue weighted by Gasteiger charge is -2.07. The first-order valence-corrected chi connectivity index (χ1v) is 7.73. The number of halogens is 1. The van der Waals surface area contributed by atoms with E-state index in [0.29, 0.717) is 17.0 Å². The quantitative estimate of drug-likeness (QED) is 0.868. The highest BCUT2D eigenvalue weighted by Crippen LogP contribution is 2.16. The largest absolute Gasteiger partial charge is 0.444 e. The molecule has 0 spiro atoms. The SMILES string of the molecule is Cc1nc(CNS(=O)(=O)c2ccc(CN)cc2F)oc1C. The summed E-state index contributed by atoms with van der Waals surface area (Å²) in [6.45, 7) is 3.47. The lowest BCUT2D eigenvalue weighted by atomic mass is 10.2. The Kier molecular flexibility index (Phi) is 4.40. The van der Waals surface area contributed by atoms with E-state index >= 15 is 0 Å². The average molecular weight is 313 g/mol. The van der Waals surface area contributed by atoms with Crippen LogP contribution in [0.1, 0.15) is 22.9 Å². The smallest absolute Gasteiger partial charge is 0.243 e. The van der Waals surface area contributed by atoms with E-state index in [4.69, 9.17) is 10.2 Å². The van der Waals surface area contributed by atoms with Crippen LogP contribution in [0.3, 0.4) is 0 Å². The highest BCUT2D eigenvalue weighted by atomic mass is 32.2. The van der Waals surface area contributed by atoms with Crippen molar-refractivity contribution in [3.8, 4) is 0 Å². The molecule has 0 atom stereocenters. The molecule has 0 radical (unpaired) electrons. The van der Waals surface area contributed by atoms with E-state index in [1.807, 2.05) is 0 Å². The second-order valence-electron chi connectivity index (χ2n) is 4.54. The zero-order valence-corrected chi connectivity index (χ0v) is 12.5. The fourth-order valence-electron chi connectivity index (χ4n) is 1.74. The third-order valence-corrected chi connectivity index (χ3v) is 4.44. The molecule has 0 bridgehead atoms. The van der Waals surface area contributed by atoms with E-state index in [1.165, 1.54) is 12.1 Å². The van der Waals surface area contributed by atoms with Crippen LogP contribution in [-0.2, 0) is 23.1 Å². The molecule has 1 aromatic heterocycles. The summed E-state index contributed by atoms with van der Waals surface area (Å²) < 4.78 is 45.5. The van der Waals surface area contributed by atoms with Gasteiger partial charge in [-0.3, -0.25) is 0 Å². The van der Waals surface area contributed by atoms with Crippen LogP contribution in [0.2, 0.25) is 0 Å².